The molecule has 0 saturated heterocycles. The van der Waals surface area contributed by atoms with Gasteiger partial charge >= 0.3 is 0 Å². The van der Waals surface area contributed by atoms with Crippen LogP contribution in [0, 0.1) is 0 Å². The summed E-state index contributed by atoms with van der Waals surface area (Å²) in [6, 6.07) is 7.80. The summed E-state index contributed by atoms with van der Waals surface area (Å²) >= 11 is 0. The van der Waals surface area contributed by atoms with Crippen molar-refractivity contribution < 1.29 is 9.53 Å². The number of nitrogens with one attached hydrogen (secondary N) is 1. The first-order valence-electron chi connectivity index (χ1n) is 5.85. The van der Waals surface area contributed by atoms with Crippen molar-refractivity contribution in [2.75, 3.05) is 0 Å². The third-order valence-corrected chi connectivity index (χ3v) is 2.89. The van der Waals surface area contributed by atoms with Crippen molar-refractivity contribution in [2.24, 2.45) is 5.84 Å². The normalized spacial score (nSPS) is 13.9. The van der Waals surface area contributed by atoms with Crippen LogP contribution in [0.2, 0.25) is 0 Å². The van der Waals surface area contributed by atoms with Crippen molar-refractivity contribution in [3.05, 3.63) is 29.8 Å². The summed E-state index contributed by atoms with van der Waals surface area (Å²) in [4.78, 5) is 11.2. The van der Waals surface area contributed by atoms with E-state index in [9.17, 15) is 4.79 Å². The molecule has 0 radical (unpaired) electrons. The minimum atomic E-state index is -0.588. The van der Waals surface area contributed by atoms with E-state index in [1.54, 1.807) is 6.92 Å². The Balaban J connectivity index is 2.65. The minimum absolute atomic E-state index is 0.337. The molecule has 2 unspecified atom stereocenters. The van der Waals surface area contributed by atoms with Crippen LogP contribution in [-0.4, -0.2) is 12.0 Å². The molecule has 4 nitrogen and oxygen atoms in total. The summed E-state index contributed by atoms with van der Waals surface area (Å²) < 4.78 is 5.44. The number of carbonyl (C=O) groups excluding carboxylic acids is 1. The molecule has 0 saturated carbocycles. The fourth-order valence-corrected chi connectivity index (χ4v) is 1.49. The Kier molecular flexibility index (Phi) is 4.97. The molecule has 1 aromatic rings. The van der Waals surface area contributed by atoms with Gasteiger partial charge < -0.3 is 4.74 Å². The Morgan fingerprint density at radius 2 is 1.94 bits per heavy atom. The van der Waals surface area contributed by atoms with Crippen LogP contribution in [0.3, 0.4) is 0 Å². The monoisotopic (exact) mass is 236 g/mol. The second kappa shape index (κ2) is 6.25. The third-order valence-electron chi connectivity index (χ3n) is 2.89. The maximum atomic E-state index is 11.2. The predicted molar refractivity (Wildman–Crippen MR) is 67.6 cm³/mol. The Morgan fingerprint density at radius 3 is 2.41 bits per heavy atom. The fourth-order valence-electron chi connectivity index (χ4n) is 1.49. The molecule has 0 heterocycles. The van der Waals surface area contributed by atoms with Crippen LogP contribution < -0.4 is 16.0 Å². The van der Waals surface area contributed by atoms with Gasteiger partial charge in [0.05, 0.1) is 0 Å². The zero-order chi connectivity index (χ0) is 12.8. The van der Waals surface area contributed by atoms with Crippen LogP contribution in [0.1, 0.15) is 38.7 Å². The summed E-state index contributed by atoms with van der Waals surface area (Å²) in [6.45, 7) is 5.99. The zero-order valence-electron chi connectivity index (χ0n) is 10.6. The quantitative estimate of drug-likeness (QED) is 0.466. The molecule has 0 fully saturated rings. The SMILES string of the molecule is CCC(C)c1ccc(OC(C)C(=O)NN)cc1. The van der Waals surface area contributed by atoms with Gasteiger partial charge in [-0.15, -0.1) is 0 Å². The molecule has 94 valence electrons. The van der Waals surface area contributed by atoms with Gasteiger partial charge in [-0.2, -0.15) is 0 Å². The lowest BCUT2D eigenvalue weighted by Crippen LogP contribution is -2.40. The number of hydrogen-bond donors (Lipinski definition) is 2. The van der Waals surface area contributed by atoms with Crippen molar-refractivity contribution in [1.29, 1.82) is 0 Å². The fraction of sp³-hybridized carbons (Fsp3) is 0.462. The number of amides is 1. The van der Waals surface area contributed by atoms with Gasteiger partial charge in [-0.05, 0) is 37.0 Å². The van der Waals surface area contributed by atoms with Gasteiger partial charge in [0.25, 0.3) is 5.91 Å². The Morgan fingerprint density at radius 1 is 1.35 bits per heavy atom. The summed E-state index contributed by atoms with van der Waals surface area (Å²) in [5.41, 5.74) is 3.33. The highest BCUT2D eigenvalue weighted by Gasteiger charge is 2.12. The van der Waals surface area contributed by atoms with Crippen molar-refractivity contribution in [1.82, 2.24) is 5.43 Å². The molecule has 0 spiro atoms. The standard InChI is InChI=1S/C13H20N2O2/c1-4-9(2)11-5-7-12(8-6-11)17-10(3)13(16)15-14/h5-10H,4,14H2,1-3H3,(H,15,16). The van der Waals surface area contributed by atoms with Crippen molar-refractivity contribution in [2.45, 2.75) is 39.2 Å². The van der Waals surface area contributed by atoms with Gasteiger partial charge in [0.2, 0.25) is 0 Å². The largest absolute Gasteiger partial charge is 0.481 e. The molecule has 0 aliphatic rings. The smallest absolute Gasteiger partial charge is 0.274 e. The molecule has 1 amide bonds. The molecule has 0 aliphatic heterocycles. The van der Waals surface area contributed by atoms with Crippen molar-refractivity contribution >= 4 is 5.91 Å². The van der Waals surface area contributed by atoms with Crippen molar-refractivity contribution in [3.8, 4) is 5.75 Å². The van der Waals surface area contributed by atoms with Crippen LogP contribution in [0.4, 0.5) is 0 Å². The average Bonchev–Trinajstić information content (AvgIpc) is 2.37. The van der Waals surface area contributed by atoms with Crippen molar-refractivity contribution in [3.63, 3.8) is 0 Å². The Hall–Kier alpha value is -1.55. The van der Waals surface area contributed by atoms with Crippen LogP contribution in [0.5, 0.6) is 5.75 Å². The maximum absolute atomic E-state index is 11.2. The number of nitrogens with two attached hydrogens (primary N) is 1. The number of hydrogen-bond acceptors (Lipinski definition) is 3. The van der Waals surface area contributed by atoms with E-state index in [-0.39, 0.29) is 5.91 Å². The zero-order valence-corrected chi connectivity index (χ0v) is 10.6. The highest BCUT2D eigenvalue weighted by atomic mass is 16.5. The molecule has 0 aromatic heterocycles. The van der Waals surface area contributed by atoms with Gasteiger partial charge in [0.1, 0.15) is 5.75 Å². The number of benzene rings is 1. The lowest BCUT2D eigenvalue weighted by Gasteiger charge is -2.14. The van der Waals surface area contributed by atoms with Crippen LogP contribution in [-0.2, 0) is 4.79 Å². The minimum Gasteiger partial charge on any atom is -0.481 e. The van der Waals surface area contributed by atoms with E-state index in [1.165, 1.54) is 5.56 Å². The van der Waals surface area contributed by atoms with E-state index < -0.39 is 6.10 Å². The molecule has 3 N–H and O–H groups in total. The first-order valence-corrected chi connectivity index (χ1v) is 5.85. The second-order valence-electron chi connectivity index (χ2n) is 4.15. The maximum Gasteiger partial charge on any atom is 0.274 e. The summed E-state index contributed by atoms with van der Waals surface area (Å²) in [6.07, 6.45) is 0.515. The van der Waals surface area contributed by atoms with Gasteiger partial charge in [-0.25, -0.2) is 5.84 Å². The van der Waals surface area contributed by atoms with Crippen LogP contribution >= 0.6 is 0 Å². The predicted octanol–water partition coefficient (Wildman–Crippen LogP) is 1.96. The van der Waals surface area contributed by atoms with E-state index in [4.69, 9.17) is 10.6 Å². The molecule has 0 bridgehead atoms. The highest BCUT2D eigenvalue weighted by molar-refractivity contribution is 5.80. The Bertz CT molecular complexity index is 362. The van der Waals surface area contributed by atoms with E-state index >= 15 is 0 Å². The second-order valence-corrected chi connectivity index (χ2v) is 4.15. The third kappa shape index (κ3) is 3.75. The molecule has 1 aromatic carbocycles. The van der Waals surface area contributed by atoms with Gasteiger partial charge in [0.15, 0.2) is 6.10 Å². The van der Waals surface area contributed by atoms with Gasteiger partial charge in [-0.3, -0.25) is 10.2 Å². The number of carbonyl (C=O) groups is 1. The molecular formula is C13H20N2O2. The lowest BCUT2D eigenvalue weighted by atomic mass is 9.99. The molecule has 17 heavy (non-hydrogen) atoms. The number of rotatable bonds is 5. The van der Waals surface area contributed by atoms with E-state index in [2.05, 4.69) is 19.3 Å². The lowest BCUT2D eigenvalue weighted by molar-refractivity contribution is -0.127. The van der Waals surface area contributed by atoms with Crippen LogP contribution in [0.15, 0.2) is 24.3 Å². The van der Waals surface area contributed by atoms with E-state index in [0.29, 0.717) is 11.7 Å². The van der Waals surface area contributed by atoms with E-state index in [1.807, 2.05) is 24.3 Å². The first-order chi connectivity index (χ1) is 8.08. The average molecular weight is 236 g/mol. The molecular weight excluding hydrogens is 216 g/mol. The van der Waals surface area contributed by atoms with Crippen LogP contribution in [0.25, 0.3) is 0 Å². The van der Waals surface area contributed by atoms with Gasteiger partial charge in [0, 0.05) is 0 Å². The summed E-state index contributed by atoms with van der Waals surface area (Å²) in [5.74, 6) is 5.90. The highest BCUT2D eigenvalue weighted by Crippen LogP contribution is 2.21. The van der Waals surface area contributed by atoms with Gasteiger partial charge in [-0.1, -0.05) is 26.0 Å². The molecule has 1 rings (SSSR count). The first kappa shape index (κ1) is 13.5. The topological polar surface area (TPSA) is 64.3 Å². The summed E-state index contributed by atoms with van der Waals surface area (Å²) in [5, 5.41) is 0. The summed E-state index contributed by atoms with van der Waals surface area (Å²) in [7, 11) is 0. The van der Waals surface area contributed by atoms with E-state index in [0.717, 1.165) is 6.42 Å². The molecule has 4 heteroatoms. The molecule has 2 atom stereocenters. The Labute approximate surface area is 102 Å². The molecule has 0 aliphatic carbocycles. The number of hydrazine groups is 1. The number of ether oxygens (including phenoxy) is 1.